The van der Waals surface area contributed by atoms with Gasteiger partial charge in [-0.15, -0.1) is 0 Å². The minimum absolute atomic E-state index is 0.0879. The highest BCUT2D eigenvalue weighted by molar-refractivity contribution is 5.94. The molecule has 7 nitrogen and oxygen atoms in total. The van der Waals surface area contributed by atoms with Crippen molar-refractivity contribution in [3.8, 4) is 0 Å². The van der Waals surface area contributed by atoms with Crippen LogP contribution in [-0.4, -0.2) is 66.0 Å². The van der Waals surface area contributed by atoms with E-state index in [4.69, 9.17) is 0 Å². The fourth-order valence-corrected chi connectivity index (χ4v) is 3.05. The van der Waals surface area contributed by atoms with E-state index >= 15 is 0 Å². The molecule has 0 saturated carbocycles. The van der Waals surface area contributed by atoms with Crippen LogP contribution in [0.5, 0.6) is 0 Å². The molecular weight excluding hydrogens is 340 g/mol. The molecule has 7 heteroatoms. The highest BCUT2D eigenvalue weighted by Gasteiger charge is 2.23. The van der Waals surface area contributed by atoms with E-state index in [1.165, 1.54) is 0 Å². The zero-order valence-corrected chi connectivity index (χ0v) is 16.6. The highest BCUT2D eigenvalue weighted by atomic mass is 16.2. The van der Waals surface area contributed by atoms with Crippen LogP contribution in [0.4, 0.5) is 11.9 Å². The van der Waals surface area contributed by atoms with E-state index < -0.39 is 0 Å². The van der Waals surface area contributed by atoms with Gasteiger partial charge < -0.3 is 14.7 Å². The second-order valence-electron chi connectivity index (χ2n) is 7.34. The van der Waals surface area contributed by atoms with Gasteiger partial charge in [0.05, 0.1) is 0 Å². The Labute approximate surface area is 161 Å². The van der Waals surface area contributed by atoms with E-state index in [-0.39, 0.29) is 11.8 Å². The Bertz CT molecular complexity index is 751. The summed E-state index contributed by atoms with van der Waals surface area (Å²) in [4.78, 5) is 32.6. The van der Waals surface area contributed by atoms with Gasteiger partial charge in [-0.25, -0.2) is 0 Å². The van der Waals surface area contributed by atoms with Gasteiger partial charge in [-0.05, 0) is 18.6 Å². The summed E-state index contributed by atoms with van der Waals surface area (Å²) < 4.78 is 0. The standard InChI is InChI=1S/C20H28N6O/c1-15(2)17-21-19(24(3)4)23-20(22-17)26-12-8-11-25(13-14-26)18(27)16-9-6-5-7-10-16/h5-7,9-10,15H,8,11-14H2,1-4H3. The maximum Gasteiger partial charge on any atom is 0.253 e. The number of carbonyl (C=O) groups excluding carboxylic acids is 1. The summed E-state index contributed by atoms with van der Waals surface area (Å²) >= 11 is 0. The van der Waals surface area contributed by atoms with Crippen molar-refractivity contribution in [3.05, 3.63) is 41.7 Å². The third-order valence-corrected chi connectivity index (χ3v) is 4.63. The number of nitrogens with zero attached hydrogens (tertiary/aromatic N) is 6. The van der Waals surface area contributed by atoms with Gasteiger partial charge in [0, 0.05) is 51.8 Å². The van der Waals surface area contributed by atoms with Crippen LogP contribution in [0.3, 0.4) is 0 Å². The summed E-state index contributed by atoms with van der Waals surface area (Å²) in [6.07, 6.45) is 0.887. The van der Waals surface area contributed by atoms with Crippen LogP contribution in [0.15, 0.2) is 30.3 Å². The van der Waals surface area contributed by atoms with Crippen LogP contribution in [-0.2, 0) is 0 Å². The smallest absolute Gasteiger partial charge is 0.253 e. The molecule has 27 heavy (non-hydrogen) atoms. The van der Waals surface area contributed by atoms with Gasteiger partial charge in [-0.2, -0.15) is 15.0 Å². The SMILES string of the molecule is CC(C)c1nc(N(C)C)nc(N2CCCN(C(=O)c3ccccc3)CC2)n1. The van der Waals surface area contributed by atoms with Crippen LogP contribution in [0.1, 0.15) is 42.4 Å². The second-order valence-corrected chi connectivity index (χ2v) is 7.34. The molecule has 2 heterocycles. The zero-order valence-electron chi connectivity index (χ0n) is 16.6. The van der Waals surface area contributed by atoms with Crippen LogP contribution in [0, 0.1) is 0 Å². The molecule has 0 spiro atoms. The van der Waals surface area contributed by atoms with Crippen molar-refractivity contribution in [2.75, 3.05) is 50.1 Å². The molecule has 1 saturated heterocycles. The molecule has 0 N–H and O–H groups in total. The topological polar surface area (TPSA) is 65.5 Å². The second kappa shape index (κ2) is 8.33. The van der Waals surface area contributed by atoms with Crippen LogP contribution in [0.25, 0.3) is 0 Å². The predicted octanol–water partition coefficient (Wildman–Crippen LogP) is 2.41. The first-order valence-electron chi connectivity index (χ1n) is 9.48. The lowest BCUT2D eigenvalue weighted by Crippen LogP contribution is -2.35. The number of aromatic nitrogens is 3. The van der Waals surface area contributed by atoms with Gasteiger partial charge in [0.15, 0.2) is 0 Å². The molecule has 2 aromatic rings. The van der Waals surface area contributed by atoms with E-state index in [1.54, 1.807) is 0 Å². The Balaban J connectivity index is 1.77. The Hall–Kier alpha value is -2.70. The Morgan fingerprint density at radius 1 is 1.00 bits per heavy atom. The molecule has 0 unspecified atom stereocenters. The highest BCUT2D eigenvalue weighted by Crippen LogP contribution is 2.19. The number of carbonyl (C=O) groups is 1. The summed E-state index contributed by atoms with van der Waals surface area (Å²) in [5, 5.41) is 0. The average molecular weight is 368 g/mol. The Kier molecular flexibility index (Phi) is 5.88. The van der Waals surface area contributed by atoms with Gasteiger partial charge in [0.25, 0.3) is 5.91 Å². The van der Waals surface area contributed by atoms with Crippen molar-refractivity contribution >= 4 is 17.8 Å². The van der Waals surface area contributed by atoms with Gasteiger partial charge in [0.1, 0.15) is 5.82 Å². The van der Waals surface area contributed by atoms with Gasteiger partial charge in [-0.1, -0.05) is 32.0 Å². The molecule has 1 aliphatic heterocycles. The zero-order chi connectivity index (χ0) is 19.4. The van der Waals surface area contributed by atoms with Crippen molar-refractivity contribution in [2.45, 2.75) is 26.2 Å². The van der Waals surface area contributed by atoms with E-state index in [2.05, 4.69) is 33.7 Å². The number of rotatable bonds is 4. The molecule has 1 aromatic carbocycles. The molecule has 0 atom stereocenters. The molecule has 3 rings (SSSR count). The average Bonchev–Trinajstić information content (AvgIpc) is 2.94. The van der Waals surface area contributed by atoms with E-state index in [9.17, 15) is 4.79 Å². The van der Waals surface area contributed by atoms with Crippen LogP contribution >= 0.6 is 0 Å². The van der Waals surface area contributed by atoms with Crippen molar-refractivity contribution in [2.24, 2.45) is 0 Å². The van der Waals surface area contributed by atoms with E-state index in [1.807, 2.05) is 54.2 Å². The van der Waals surface area contributed by atoms with Crippen LogP contribution < -0.4 is 9.80 Å². The predicted molar refractivity (Wildman–Crippen MR) is 107 cm³/mol. The fraction of sp³-hybridized carbons (Fsp3) is 0.500. The Morgan fingerprint density at radius 3 is 2.41 bits per heavy atom. The lowest BCUT2D eigenvalue weighted by molar-refractivity contribution is 0.0767. The molecule has 1 aliphatic rings. The first kappa shape index (κ1) is 19.1. The third-order valence-electron chi connectivity index (χ3n) is 4.63. The molecule has 1 aromatic heterocycles. The third kappa shape index (κ3) is 4.53. The Morgan fingerprint density at radius 2 is 1.74 bits per heavy atom. The monoisotopic (exact) mass is 368 g/mol. The molecule has 144 valence electrons. The first-order valence-corrected chi connectivity index (χ1v) is 9.48. The summed E-state index contributed by atoms with van der Waals surface area (Å²) in [5.41, 5.74) is 0.739. The van der Waals surface area contributed by atoms with Crippen molar-refractivity contribution in [1.29, 1.82) is 0 Å². The molecule has 0 radical (unpaired) electrons. The molecule has 0 aliphatic carbocycles. The summed E-state index contributed by atoms with van der Waals surface area (Å²) in [6, 6.07) is 9.47. The van der Waals surface area contributed by atoms with Gasteiger partial charge in [0.2, 0.25) is 11.9 Å². The largest absolute Gasteiger partial charge is 0.347 e. The van der Waals surface area contributed by atoms with Crippen molar-refractivity contribution in [3.63, 3.8) is 0 Å². The summed E-state index contributed by atoms with van der Waals surface area (Å²) in [6.45, 7) is 7.11. The molecule has 1 amide bonds. The van der Waals surface area contributed by atoms with Crippen LogP contribution in [0.2, 0.25) is 0 Å². The maximum atomic E-state index is 12.7. The quantitative estimate of drug-likeness (QED) is 0.826. The number of hydrogen-bond acceptors (Lipinski definition) is 6. The minimum Gasteiger partial charge on any atom is -0.347 e. The molecule has 0 bridgehead atoms. The van der Waals surface area contributed by atoms with Crippen molar-refractivity contribution in [1.82, 2.24) is 19.9 Å². The number of anilines is 2. The first-order chi connectivity index (χ1) is 13.0. The summed E-state index contributed by atoms with van der Waals surface area (Å²) in [5.74, 6) is 2.49. The minimum atomic E-state index is 0.0879. The normalized spacial score (nSPS) is 15.0. The van der Waals surface area contributed by atoms with E-state index in [0.29, 0.717) is 25.0 Å². The van der Waals surface area contributed by atoms with Gasteiger partial charge in [-0.3, -0.25) is 4.79 Å². The van der Waals surface area contributed by atoms with Crippen molar-refractivity contribution < 1.29 is 4.79 Å². The lowest BCUT2D eigenvalue weighted by Gasteiger charge is -2.23. The van der Waals surface area contributed by atoms with Gasteiger partial charge >= 0.3 is 0 Å². The number of amides is 1. The fourth-order valence-electron chi connectivity index (χ4n) is 3.05. The van der Waals surface area contributed by atoms with E-state index in [0.717, 1.165) is 30.9 Å². The molecular formula is C20H28N6O. The maximum absolute atomic E-state index is 12.7. The lowest BCUT2D eigenvalue weighted by atomic mass is 10.2. The molecule has 1 fully saturated rings. The summed E-state index contributed by atoms with van der Waals surface area (Å²) in [7, 11) is 3.87. The number of hydrogen-bond donors (Lipinski definition) is 0. The number of benzene rings is 1.